The number of hydrogen-bond donors (Lipinski definition) is 2. The Balaban J connectivity index is 2.06. The first kappa shape index (κ1) is 12.6. The molecule has 1 heterocycles. The zero-order valence-corrected chi connectivity index (χ0v) is 11.8. The zero-order valence-electron chi connectivity index (χ0n) is 9.61. The number of aliphatic hydroxyl groups excluding tert-OH is 1. The van der Waals surface area contributed by atoms with Gasteiger partial charge in [-0.15, -0.1) is 0 Å². The first-order chi connectivity index (χ1) is 8.08. The van der Waals surface area contributed by atoms with Crippen LogP contribution in [0.4, 0.5) is 10.5 Å². The Kier molecular flexibility index (Phi) is 3.88. The van der Waals surface area contributed by atoms with E-state index in [-0.39, 0.29) is 12.1 Å². The monoisotopic (exact) mass is 346 g/mol. The second-order valence-corrected chi connectivity index (χ2v) is 5.39. The highest BCUT2D eigenvalue weighted by Gasteiger charge is 2.24. The van der Waals surface area contributed by atoms with Crippen LogP contribution in [0.15, 0.2) is 18.2 Å². The van der Waals surface area contributed by atoms with Gasteiger partial charge in [-0.25, -0.2) is 4.79 Å². The summed E-state index contributed by atoms with van der Waals surface area (Å²) in [7, 11) is 0. The van der Waals surface area contributed by atoms with Crippen molar-refractivity contribution in [1.29, 1.82) is 0 Å². The van der Waals surface area contributed by atoms with Crippen LogP contribution in [0.3, 0.4) is 0 Å². The fraction of sp³-hybridized carbons (Fsp3) is 0.417. The minimum atomic E-state index is -0.377. The van der Waals surface area contributed by atoms with Crippen molar-refractivity contribution in [2.45, 2.75) is 19.4 Å². The summed E-state index contributed by atoms with van der Waals surface area (Å²) < 4.78 is 1.13. The van der Waals surface area contributed by atoms with Gasteiger partial charge in [0.25, 0.3) is 0 Å². The number of hydrogen-bond acceptors (Lipinski definition) is 2. The number of carbonyl (C=O) groups is 1. The molecule has 0 saturated carbocycles. The SMILES string of the molecule is Cc1c(I)cccc1NC(=O)N1CC[C@H](O)C1. The molecular formula is C12H15IN2O2. The van der Waals surface area contributed by atoms with Crippen LogP contribution in [0.2, 0.25) is 0 Å². The highest BCUT2D eigenvalue weighted by atomic mass is 127. The summed E-state index contributed by atoms with van der Waals surface area (Å²) in [5, 5.41) is 12.3. The van der Waals surface area contributed by atoms with Gasteiger partial charge in [0.05, 0.1) is 6.10 Å². The first-order valence-corrected chi connectivity index (χ1v) is 6.65. The molecule has 0 spiro atoms. The number of nitrogens with zero attached hydrogens (tertiary/aromatic N) is 1. The van der Waals surface area contributed by atoms with E-state index in [0.29, 0.717) is 19.5 Å². The summed E-state index contributed by atoms with van der Waals surface area (Å²) in [6.45, 7) is 3.03. The average molecular weight is 346 g/mol. The maximum absolute atomic E-state index is 11.9. The lowest BCUT2D eigenvalue weighted by molar-refractivity contribution is 0.176. The van der Waals surface area contributed by atoms with Gasteiger partial charge in [0.15, 0.2) is 0 Å². The van der Waals surface area contributed by atoms with Crippen molar-refractivity contribution in [2.75, 3.05) is 18.4 Å². The van der Waals surface area contributed by atoms with E-state index in [1.165, 1.54) is 0 Å². The summed E-state index contributed by atoms with van der Waals surface area (Å²) in [6, 6.07) is 5.68. The normalized spacial score (nSPS) is 19.5. The number of nitrogens with one attached hydrogen (secondary N) is 1. The number of anilines is 1. The van der Waals surface area contributed by atoms with Crippen LogP contribution in [0.25, 0.3) is 0 Å². The Labute approximate surface area is 114 Å². The lowest BCUT2D eigenvalue weighted by Crippen LogP contribution is -2.33. The smallest absolute Gasteiger partial charge is 0.321 e. The Morgan fingerprint density at radius 3 is 3.00 bits per heavy atom. The molecule has 1 fully saturated rings. The van der Waals surface area contributed by atoms with E-state index < -0.39 is 0 Å². The van der Waals surface area contributed by atoms with Gasteiger partial charge in [-0.05, 0) is 53.6 Å². The van der Waals surface area contributed by atoms with E-state index in [4.69, 9.17) is 0 Å². The van der Waals surface area contributed by atoms with E-state index in [9.17, 15) is 9.90 Å². The minimum Gasteiger partial charge on any atom is -0.391 e. The highest BCUT2D eigenvalue weighted by Crippen LogP contribution is 2.21. The predicted molar refractivity (Wildman–Crippen MR) is 75.1 cm³/mol. The lowest BCUT2D eigenvalue weighted by Gasteiger charge is -2.17. The first-order valence-electron chi connectivity index (χ1n) is 5.57. The number of aliphatic hydroxyl groups is 1. The number of benzene rings is 1. The van der Waals surface area contributed by atoms with Gasteiger partial charge >= 0.3 is 6.03 Å². The number of halogens is 1. The summed E-state index contributed by atoms with van der Waals surface area (Å²) >= 11 is 2.24. The number of rotatable bonds is 1. The van der Waals surface area contributed by atoms with Crippen LogP contribution < -0.4 is 5.32 Å². The molecule has 0 aliphatic carbocycles. The topological polar surface area (TPSA) is 52.6 Å². The van der Waals surface area contributed by atoms with Crippen molar-refractivity contribution in [1.82, 2.24) is 4.90 Å². The van der Waals surface area contributed by atoms with E-state index >= 15 is 0 Å². The van der Waals surface area contributed by atoms with Crippen molar-refractivity contribution in [3.05, 3.63) is 27.3 Å². The maximum atomic E-state index is 11.9. The van der Waals surface area contributed by atoms with Gasteiger partial charge < -0.3 is 15.3 Å². The molecule has 0 radical (unpaired) electrons. The number of amides is 2. The molecule has 0 aromatic heterocycles. The van der Waals surface area contributed by atoms with Gasteiger partial charge in [0.1, 0.15) is 0 Å². The van der Waals surface area contributed by atoms with Crippen LogP contribution >= 0.6 is 22.6 Å². The molecular weight excluding hydrogens is 331 g/mol. The third-order valence-corrected chi connectivity index (χ3v) is 4.13. The fourth-order valence-electron chi connectivity index (χ4n) is 1.86. The van der Waals surface area contributed by atoms with E-state index in [0.717, 1.165) is 14.8 Å². The molecule has 1 aliphatic heterocycles. The maximum Gasteiger partial charge on any atom is 0.321 e. The molecule has 1 aliphatic rings. The quantitative estimate of drug-likeness (QED) is 0.766. The van der Waals surface area contributed by atoms with Crippen molar-refractivity contribution in [2.24, 2.45) is 0 Å². The van der Waals surface area contributed by atoms with Crippen molar-refractivity contribution >= 4 is 34.3 Å². The standard InChI is InChI=1S/C12H15IN2O2/c1-8-10(13)3-2-4-11(8)14-12(17)15-6-5-9(16)7-15/h2-4,9,16H,5-7H2,1H3,(H,14,17)/t9-/m0/s1. The molecule has 1 saturated heterocycles. The molecule has 0 bridgehead atoms. The largest absolute Gasteiger partial charge is 0.391 e. The molecule has 1 atom stereocenters. The Bertz CT molecular complexity index is 437. The third kappa shape index (κ3) is 2.90. The van der Waals surface area contributed by atoms with Crippen LogP contribution in [-0.4, -0.2) is 35.2 Å². The van der Waals surface area contributed by atoms with E-state index in [1.807, 2.05) is 25.1 Å². The summed E-state index contributed by atoms with van der Waals surface area (Å²) in [6.07, 6.45) is 0.288. The second kappa shape index (κ2) is 5.22. The third-order valence-electron chi connectivity index (χ3n) is 2.96. The molecule has 2 rings (SSSR count). The van der Waals surface area contributed by atoms with Crippen molar-refractivity contribution in [3.63, 3.8) is 0 Å². The second-order valence-electron chi connectivity index (χ2n) is 4.23. The van der Waals surface area contributed by atoms with Gasteiger partial charge in [0.2, 0.25) is 0 Å². The number of likely N-dealkylation sites (tertiary alicyclic amines) is 1. The molecule has 1 aromatic rings. The number of β-amino-alcohol motifs (C(OH)–C–C–N with tert-alkyl or cyclic N) is 1. The van der Waals surface area contributed by atoms with E-state index in [2.05, 4.69) is 27.9 Å². The van der Waals surface area contributed by atoms with E-state index in [1.54, 1.807) is 4.90 Å². The van der Waals surface area contributed by atoms with Crippen molar-refractivity contribution < 1.29 is 9.90 Å². The zero-order chi connectivity index (χ0) is 12.4. The molecule has 2 amide bonds. The molecule has 17 heavy (non-hydrogen) atoms. The Hall–Kier alpha value is -0.820. The van der Waals surface area contributed by atoms with Crippen LogP contribution in [0.1, 0.15) is 12.0 Å². The van der Waals surface area contributed by atoms with Crippen LogP contribution in [0, 0.1) is 10.5 Å². The molecule has 0 unspecified atom stereocenters. The molecule has 1 aromatic carbocycles. The average Bonchev–Trinajstić information content (AvgIpc) is 2.72. The van der Waals surface area contributed by atoms with Gasteiger partial charge in [-0.1, -0.05) is 6.07 Å². The number of urea groups is 1. The summed E-state index contributed by atoms with van der Waals surface area (Å²) in [4.78, 5) is 13.6. The molecule has 2 N–H and O–H groups in total. The fourth-order valence-corrected chi connectivity index (χ4v) is 2.36. The molecule has 4 nitrogen and oxygen atoms in total. The van der Waals surface area contributed by atoms with Gasteiger partial charge in [-0.3, -0.25) is 0 Å². The summed E-state index contributed by atoms with van der Waals surface area (Å²) in [5.74, 6) is 0. The molecule has 5 heteroatoms. The lowest BCUT2D eigenvalue weighted by atomic mass is 10.2. The van der Waals surface area contributed by atoms with Gasteiger partial charge in [0, 0.05) is 22.3 Å². The predicted octanol–water partition coefficient (Wildman–Crippen LogP) is 2.20. The Morgan fingerprint density at radius 1 is 1.59 bits per heavy atom. The highest BCUT2D eigenvalue weighted by molar-refractivity contribution is 14.1. The Morgan fingerprint density at radius 2 is 2.35 bits per heavy atom. The van der Waals surface area contributed by atoms with Crippen LogP contribution in [0.5, 0.6) is 0 Å². The van der Waals surface area contributed by atoms with Crippen LogP contribution in [-0.2, 0) is 0 Å². The van der Waals surface area contributed by atoms with Gasteiger partial charge in [-0.2, -0.15) is 0 Å². The minimum absolute atomic E-state index is 0.133. The van der Waals surface area contributed by atoms with Crippen molar-refractivity contribution in [3.8, 4) is 0 Å². The molecule has 92 valence electrons. The summed E-state index contributed by atoms with van der Waals surface area (Å²) in [5.41, 5.74) is 1.91. The number of carbonyl (C=O) groups excluding carboxylic acids is 1.